The molecule has 2 aliphatic heterocycles. The molecule has 1 aromatic rings. The summed E-state index contributed by atoms with van der Waals surface area (Å²) in [6, 6.07) is 0. The number of carbonyl (C=O) groups is 1. The van der Waals surface area contributed by atoms with E-state index in [0.29, 0.717) is 26.3 Å². The highest BCUT2D eigenvalue weighted by Gasteiger charge is 2.19. The Morgan fingerprint density at radius 3 is 2.79 bits per heavy atom. The van der Waals surface area contributed by atoms with Gasteiger partial charge in [0.2, 0.25) is 0 Å². The number of aromatic nitrogens is 2. The zero-order valence-corrected chi connectivity index (χ0v) is 11.2. The molecule has 0 radical (unpaired) electrons. The van der Waals surface area contributed by atoms with Crippen molar-refractivity contribution in [1.82, 2.24) is 14.8 Å². The first kappa shape index (κ1) is 12.3. The molecule has 0 saturated carbocycles. The van der Waals surface area contributed by atoms with E-state index < -0.39 is 10.9 Å². The highest BCUT2D eigenvalue weighted by atomic mass is 32.2. The molecule has 0 atom stereocenters. The molecule has 3 rings (SSSR count). The van der Waals surface area contributed by atoms with Gasteiger partial charge in [0.15, 0.2) is 0 Å². The van der Waals surface area contributed by atoms with Crippen LogP contribution in [-0.4, -0.2) is 47.2 Å². The number of thiol groups is 1. The van der Waals surface area contributed by atoms with E-state index in [9.17, 15) is 4.79 Å². The van der Waals surface area contributed by atoms with Gasteiger partial charge in [-0.1, -0.05) is 17.0 Å². The van der Waals surface area contributed by atoms with E-state index in [4.69, 9.17) is 9.57 Å². The maximum Gasteiger partial charge on any atom is 0.436 e. The first-order valence-electron chi connectivity index (χ1n) is 6.06. The number of ether oxygens (including phenoxy) is 1. The number of amides is 1. The van der Waals surface area contributed by atoms with Crippen molar-refractivity contribution in [3.05, 3.63) is 35.4 Å². The van der Waals surface area contributed by atoms with Gasteiger partial charge in [-0.3, -0.25) is 4.84 Å². The molecule has 2 aliphatic rings. The summed E-state index contributed by atoms with van der Waals surface area (Å²) in [6.07, 6.45) is 7.14. The van der Waals surface area contributed by atoms with E-state index in [2.05, 4.69) is 15.9 Å². The average molecular weight is 281 g/mol. The van der Waals surface area contributed by atoms with Crippen molar-refractivity contribution in [2.45, 2.75) is 4.90 Å². The lowest BCUT2D eigenvalue weighted by atomic mass is 10.5. The van der Waals surface area contributed by atoms with Gasteiger partial charge in [0, 0.05) is 18.0 Å². The predicted octanol–water partition coefficient (Wildman–Crippen LogP) is 1.17. The summed E-state index contributed by atoms with van der Waals surface area (Å²) in [5, 5.41) is 8.31. The van der Waals surface area contributed by atoms with Gasteiger partial charge in [0.25, 0.3) is 0 Å². The third kappa shape index (κ3) is 2.82. The zero-order chi connectivity index (χ0) is 13.1. The van der Waals surface area contributed by atoms with Crippen LogP contribution in [0, 0.1) is 0 Å². The molecule has 0 N–H and O–H groups in total. The molecule has 19 heavy (non-hydrogen) atoms. The number of allylic oxidation sites excluding steroid dienone is 2. The third-order valence-electron chi connectivity index (χ3n) is 2.89. The van der Waals surface area contributed by atoms with E-state index in [-0.39, 0.29) is 6.09 Å². The van der Waals surface area contributed by atoms with Gasteiger partial charge >= 0.3 is 6.09 Å². The largest absolute Gasteiger partial charge is 0.436 e. The fourth-order valence-corrected chi connectivity index (χ4v) is 3.30. The maximum absolute atomic E-state index is 11.9. The third-order valence-corrected chi connectivity index (χ3v) is 4.70. The molecule has 1 saturated heterocycles. The van der Waals surface area contributed by atoms with Gasteiger partial charge in [-0.2, -0.15) is 10.9 Å². The van der Waals surface area contributed by atoms with Crippen molar-refractivity contribution in [2.75, 3.05) is 26.3 Å². The Hall–Kier alpha value is -1.73. The van der Waals surface area contributed by atoms with Gasteiger partial charge in [0.05, 0.1) is 25.6 Å². The molecule has 0 unspecified atom stereocenters. The summed E-state index contributed by atoms with van der Waals surface area (Å²) in [5.41, 5.74) is 0. The van der Waals surface area contributed by atoms with Crippen LogP contribution in [0.15, 0.2) is 40.3 Å². The summed E-state index contributed by atoms with van der Waals surface area (Å²) in [6.45, 7) is 2.23. The first-order chi connectivity index (χ1) is 9.33. The van der Waals surface area contributed by atoms with Crippen LogP contribution in [0.25, 0.3) is 0 Å². The van der Waals surface area contributed by atoms with Crippen LogP contribution in [0.3, 0.4) is 0 Å². The smallest absolute Gasteiger partial charge is 0.378 e. The Morgan fingerprint density at radius 2 is 2.05 bits per heavy atom. The molecule has 6 nitrogen and oxygen atoms in total. The fourth-order valence-electron chi connectivity index (χ4n) is 1.87. The second-order valence-electron chi connectivity index (χ2n) is 4.15. The zero-order valence-electron chi connectivity index (χ0n) is 10.3. The number of morpholine rings is 1. The minimum atomic E-state index is -0.428. The van der Waals surface area contributed by atoms with E-state index in [1.807, 2.05) is 12.2 Å². The molecule has 0 spiro atoms. The summed E-state index contributed by atoms with van der Waals surface area (Å²) >= 11 is 0. The van der Waals surface area contributed by atoms with Gasteiger partial charge in [0.1, 0.15) is 0 Å². The van der Waals surface area contributed by atoms with Gasteiger partial charge in [-0.25, -0.2) is 4.79 Å². The van der Waals surface area contributed by atoms with Crippen molar-refractivity contribution in [3.63, 3.8) is 0 Å². The Labute approximate surface area is 113 Å². The highest BCUT2D eigenvalue weighted by Crippen LogP contribution is 2.41. The van der Waals surface area contributed by atoms with Crippen LogP contribution in [0.5, 0.6) is 0 Å². The highest BCUT2D eigenvalue weighted by molar-refractivity contribution is 8.22. The lowest BCUT2D eigenvalue weighted by molar-refractivity contribution is 0.0196. The monoisotopic (exact) mass is 281 g/mol. The SMILES string of the molecule is O=C(On1cc([SH]2C=CC=C2)cn1)N1CCOCC1. The van der Waals surface area contributed by atoms with Crippen LogP contribution in [0.4, 0.5) is 4.79 Å². The molecular formula is C12H15N3O3S. The molecule has 1 aromatic heterocycles. The van der Waals surface area contributed by atoms with E-state index in [1.54, 1.807) is 17.3 Å². The molecule has 0 bridgehead atoms. The van der Waals surface area contributed by atoms with Crippen LogP contribution in [0.1, 0.15) is 0 Å². The Morgan fingerprint density at radius 1 is 1.32 bits per heavy atom. The van der Waals surface area contributed by atoms with Crippen molar-refractivity contribution in [2.24, 2.45) is 0 Å². The fraction of sp³-hybridized carbons (Fsp3) is 0.333. The van der Waals surface area contributed by atoms with Crippen LogP contribution in [0.2, 0.25) is 0 Å². The second kappa shape index (κ2) is 5.50. The van der Waals surface area contributed by atoms with Crippen molar-refractivity contribution < 1.29 is 14.4 Å². The van der Waals surface area contributed by atoms with E-state index in [1.165, 1.54) is 4.85 Å². The standard InChI is InChI=1S/C12H15N3O3S/c16-12(14-3-5-17-6-4-14)18-15-10-11(9-13-15)19-7-1-2-8-19/h1-2,7-10,19H,3-6H2. The van der Waals surface area contributed by atoms with Gasteiger partial charge < -0.3 is 9.64 Å². The minimum absolute atomic E-state index is 0.386. The van der Waals surface area contributed by atoms with Gasteiger partial charge in [-0.15, -0.1) is 5.10 Å². The number of hydrogen-bond acceptors (Lipinski definition) is 4. The Balaban J connectivity index is 1.61. The summed E-state index contributed by atoms with van der Waals surface area (Å²) in [7, 11) is -0.428. The number of carbonyl (C=O) groups excluding carboxylic acids is 1. The molecule has 0 aliphatic carbocycles. The normalized spacial score (nSPS) is 20.0. The topological polar surface area (TPSA) is 56.6 Å². The molecule has 102 valence electrons. The summed E-state index contributed by atoms with van der Waals surface area (Å²) in [5.74, 6) is 0. The lowest BCUT2D eigenvalue weighted by Gasteiger charge is -2.25. The van der Waals surface area contributed by atoms with Crippen molar-refractivity contribution >= 4 is 17.0 Å². The van der Waals surface area contributed by atoms with Crippen molar-refractivity contribution in [1.29, 1.82) is 0 Å². The summed E-state index contributed by atoms with van der Waals surface area (Å²) in [4.78, 5) is 21.0. The lowest BCUT2D eigenvalue weighted by Crippen LogP contribution is -2.44. The van der Waals surface area contributed by atoms with Crippen LogP contribution >= 0.6 is 10.9 Å². The maximum atomic E-state index is 11.9. The minimum Gasteiger partial charge on any atom is -0.378 e. The average Bonchev–Trinajstić information content (AvgIpc) is 3.10. The number of rotatable bonds is 2. The Kier molecular flexibility index (Phi) is 3.56. The number of hydrogen-bond donors (Lipinski definition) is 1. The quantitative estimate of drug-likeness (QED) is 0.827. The van der Waals surface area contributed by atoms with Crippen molar-refractivity contribution in [3.8, 4) is 0 Å². The molecule has 3 heterocycles. The number of nitrogens with zero attached hydrogens (tertiary/aromatic N) is 3. The van der Waals surface area contributed by atoms with Gasteiger partial charge in [-0.05, 0) is 10.8 Å². The first-order valence-corrected chi connectivity index (χ1v) is 7.54. The molecule has 0 aromatic carbocycles. The second-order valence-corrected chi connectivity index (χ2v) is 6.08. The molecule has 7 heteroatoms. The summed E-state index contributed by atoms with van der Waals surface area (Å²) < 4.78 is 5.19. The van der Waals surface area contributed by atoms with E-state index in [0.717, 1.165) is 4.90 Å². The molecule has 1 amide bonds. The van der Waals surface area contributed by atoms with E-state index >= 15 is 0 Å². The predicted molar refractivity (Wildman–Crippen MR) is 72.1 cm³/mol. The molecule has 1 fully saturated rings. The molecular weight excluding hydrogens is 266 g/mol. The Bertz CT molecular complexity index is 508. The van der Waals surface area contributed by atoms with Crippen LogP contribution < -0.4 is 4.84 Å². The van der Waals surface area contributed by atoms with Crippen LogP contribution in [-0.2, 0) is 4.74 Å².